The minimum absolute atomic E-state index is 0.356. The average molecular weight is 181 g/mol. The number of aliphatic hydroxyl groups is 1. The van der Waals surface area contributed by atoms with Gasteiger partial charge in [-0.1, -0.05) is 12.1 Å². The van der Waals surface area contributed by atoms with Crippen molar-refractivity contribution in [2.75, 3.05) is 19.5 Å². The van der Waals surface area contributed by atoms with Gasteiger partial charge in [-0.2, -0.15) is 0 Å². The van der Waals surface area contributed by atoms with Gasteiger partial charge >= 0.3 is 0 Å². The average Bonchev–Trinajstić information content (AvgIpc) is 2.04. The molecule has 0 aliphatic rings. The molecule has 0 saturated carbocycles. The molecule has 3 N–H and O–H groups in total. The standard InChI is InChI=1S/C10H15NO2/c1-13-7-10(12)6-8-3-2-4-9(11)5-8/h2-5,10,12H,6-7,11H2,1H3. The van der Waals surface area contributed by atoms with E-state index in [1.807, 2.05) is 24.3 Å². The molecule has 0 radical (unpaired) electrons. The second-order valence-electron chi connectivity index (χ2n) is 3.06. The van der Waals surface area contributed by atoms with Gasteiger partial charge in [0, 0.05) is 19.2 Å². The lowest BCUT2D eigenvalue weighted by Crippen LogP contribution is -2.16. The summed E-state index contributed by atoms with van der Waals surface area (Å²) in [5.41, 5.74) is 7.35. The minimum atomic E-state index is -0.452. The molecule has 1 aromatic carbocycles. The van der Waals surface area contributed by atoms with Crippen molar-refractivity contribution in [3.8, 4) is 0 Å². The monoisotopic (exact) mass is 181 g/mol. The third-order valence-electron chi connectivity index (χ3n) is 1.78. The molecule has 1 rings (SSSR count). The topological polar surface area (TPSA) is 55.5 Å². The van der Waals surface area contributed by atoms with Crippen molar-refractivity contribution in [3.63, 3.8) is 0 Å². The van der Waals surface area contributed by atoms with Crippen molar-refractivity contribution in [1.29, 1.82) is 0 Å². The van der Waals surface area contributed by atoms with E-state index >= 15 is 0 Å². The van der Waals surface area contributed by atoms with Crippen molar-refractivity contribution in [2.24, 2.45) is 0 Å². The van der Waals surface area contributed by atoms with E-state index in [9.17, 15) is 5.11 Å². The maximum Gasteiger partial charge on any atom is 0.0813 e. The van der Waals surface area contributed by atoms with Gasteiger partial charge in [-0.25, -0.2) is 0 Å². The molecule has 3 heteroatoms. The van der Waals surface area contributed by atoms with Gasteiger partial charge in [0.1, 0.15) is 0 Å². The molecule has 0 aliphatic carbocycles. The highest BCUT2D eigenvalue weighted by molar-refractivity contribution is 5.40. The van der Waals surface area contributed by atoms with Gasteiger partial charge < -0.3 is 15.6 Å². The number of aliphatic hydroxyl groups excluding tert-OH is 1. The molecule has 0 heterocycles. The van der Waals surface area contributed by atoms with E-state index in [0.717, 1.165) is 11.3 Å². The van der Waals surface area contributed by atoms with Gasteiger partial charge in [0.15, 0.2) is 0 Å². The summed E-state index contributed by atoms with van der Waals surface area (Å²) in [5.74, 6) is 0. The second-order valence-corrected chi connectivity index (χ2v) is 3.06. The molecule has 1 aromatic rings. The van der Waals surface area contributed by atoms with Crippen molar-refractivity contribution in [3.05, 3.63) is 29.8 Å². The fourth-order valence-electron chi connectivity index (χ4n) is 1.24. The number of hydrogen-bond acceptors (Lipinski definition) is 3. The number of ether oxygens (including phenoxy) is 1. The SMILES string of the molecule is COCC(O)Cc1cccc(N)c1. The van der Waals surface area contributed by atoms with E-state index in [1.54, 1.807) is 7.11 Å². The molecule has 1 unspecified atom stereocenters. The Morgan fingerprint density at radius 3 is 2.92 bits per heavy atom. The van der Waals surface area contributed by atoms with Crippen LogP contribution in [0, 0.1) is 0 Å². The summed E-state index contributed by atoms with van der Waals surface area (Å²) in [4.78, 5) is 0. The first-order chi connectivity index (χ1) is 6.22. The third-order valence-corrected chi connectivity index (χ3v) is 1.78. The lowest BCUT2D eigenvalue weighted by atomic mass is 10.1. The number of benzene rings is 1. The van der Waals surface area contributed by atoms with Crippen LogP contribution >= 0.6 is 0 Å². The molecule has 72 valence electrons. The number of nitrogen functional groups attached to an aromatic ring is 1. The summed E-state index contributed by atoms with van der Waals surface area (Å²) >= 11 is 0. The summed E-state index contributed by atoms with van der Waals surface area (Å²) in [5, 5.41) is 9.43. The number of anilines is 1. The highest BCUT2D eigenvalue weighted by Gasteiger charge is 2.04. The van der Waals surface area contributed by atoms with Gasteiger partial charge in [0.25, 0.3) is 0 Å². The Balaban J connectivity index is 2.53. The molecule has 0 amide bonds. The largest absolute Gasteiger partial charge is 0.399 e. The van der Waals surface area contributed by atoms with Crippen LogP contribution in [0.3, 0.4) is 0 Å². The number of hydrogen-bond donors (Lipinski definition) is 2. The molecule has 0 spiro atoms. The van der Waals surface area contributed by atoms with Gasteiger partial charge in [0.2, 0.25) is 0 Å². The zero-order valence-corrected chi connectivity index (χ0v) is 7.73. The molecule has 0 aliphatic heterocycles. The molecule has 0 bridgehead atoms. The van der Waals surface area contributed by atoms with Crippen LogP contribution < -0.4 is 5.73 Å². The molecular weight excluding hydrogens is 166 g/mol. The first kappa shape index (κ1) is 10.0. The second kappa shape index (κ2) is 4.84. The van der Waals surface area contributed by atoms with Crippen molar-refractivity contribution in [1.82, 2.24) is 0 Å². The van der Waals surface area contributed by atoms with Crippen molar-refractivity contribution < 1.29 is 9.84 Å². The molecule has 0 aromatic heterocycles. The Morgan fingerprint density at radius 2 is 2.31 bits per heavy atom. The van der Waals surface area contributed by atoms with E-state index in [4.69, 9.17) is 10.5 Å². The van der Waals surface area contributed by atoms with Crippen LogP contribution in [0.1, 0.15) is 5.56 Å². The molecule has 3 nitrogen and oxygen atoms in total. The minimum Gasteiger partial charge on any atom is -0.399 e. The van der Waals surface area contributed by atoms with Gasteiger partial charge in [-0.3, -0.25) is 0 Å². The van der Waals surface area contributed by atoms with E-state index in [-0.39, 0.29) is 0 Å². The normalized spacial score (nSPS) is 12.8. The van der Waals surface area contributed by atoms with Crippen LogP contribution in [0.15, 0.2) is 24.3 Å². The highest BCUT2D eigenvalue weighted by atomic mass is 16.5. The predicted octanol–water partition coefficient (Wildman–Crippen LogP) is 0.819. The number of nitrogens with two attached hydrogens (primary N) is 1. The van der Waals surface area contributed by atoms with Crippen LogP contribution in [0.2, 0.25) is 0 Å². The summed E-state index contributed by atoms with van der Waals surface area (Å²) < 4.78 is 4.82. The maximum absolute atomic E-state index is 9.43. The third kappa shape index (κ3) is 3.44. The van der Waals surface area contributed by atoms with Gasteiger partial charge in [-0.05, 0) is 17.7 Å². The van der Waals surface area contributed by atoms with E-state index in [0.29, 0.717) is 13.0 Å². The van der Waals surface area contributed by atoms with Gasteiger partial charge in [-0.15, -0.1) is 0 Å². The Bertz CT molecular complexity index is 263. The fourth-order valence-corrected chi connectivity index (χ4v) is 1.24. The van der Waals surface area contributed by atoms with Crippen LogP contribution in [0.25, 0.3) is 0 Å². The van der Waals surface area contributed by atoms with E-state index in [2.05, 4.69) is 0 Å². The zero-order chi connectivity index (χ0) is 9.68. The van der Waals surface area contributed by atoms with Gasteiger partial charge in [0.05, 0.1) is 12.7 Å². The molecular formula is C10H15NO2. The lowest BCUT2D eigenvalue weighted by Gasteiger charge is -2.09. The Morgan fingerprint density at radius 1 is 1.54 bits per heavy atom. The summed E-state index contributed by atoms with van der Waals surface area (Å²) in [6.45, 7) is 0.356. The smallest absolute Gasteiger partial charge is 0.0813 e. The molecule has 1 atom stereocenters. The zero-order valence-electron chi connectivity index (χ0n) is 7.73. The molecule has 0 saturated heterocycles. The van der Waals surface area contributed by atoms with Crippen LogP contribution in [-0.2, 0) is 11.2 Å². The number of methoxy groups -OCH3 is 1. The van der Waals surface area contributed by atoms with Crippen molar-refractivity contribution in [2.45, 2.75) is 12.5 Å². The first-order valence-electron chi connectivity index (χ1n) is 4.24. The van der Waals surface area contributed by atoms with Crippen LogP contribution in [0.5, 0.6) is 0 Å². The van der Waals surface area contributed by atoms with E-state index in [1.165, 1.54) is 0 Å². The Hall–Kier alpha value is -1.06. The molecule has 0 fully saturated rings. The first-order valence-corrected chi connectivity index (χ1v) is 4.24. The molecule has 13 heavy (non-hydrogen) atoms. The lowest BCUT2D eigenvalue weighted by molar-refractivity contribution is 0.0650. The highest BCUT2D eigenvalue weighted by Crippen LogP contribution is 2.08. The Kier molecular flexibility index (Phi) is 3.73. The summed E-state index contributed by atoms with van der Waals surface area (Å²) in [6, 6.07) is 7.50. The summed E-state index contributed by atoms with van der Waals surface area (Å²) in [6.07, 6.45) is 0.130. The Labute approximate surface area is 78.1 Å². The number of rotatable bonds is 4. The quantitative estimate of drug-likeness (QED) is 0.676. The maximum atomic E-state index is 9.43. The van der Waals surface area contributed by atoms with Crippen LogP contribution in [-0.4, -0.2) is 24.9 Å². The summed E-state index contributed by atoms with van der Waals surface area (Å²) in [7, 11) is 1.57. The fraction of sp³-hybridized carbons (Fsp3) is 0.400. The van der Waals surface area contributed by atoms with Crippen molar-refractivity contribution >= 4 is 5.69 Å². The van der Waals surface area contributed by atoms with E-state index < -0.39 is 6.10 Å². The van der Waals surface area contributed by atoms with Crippen LogP contribution in [0.4, 0.5) is 5.69 Å². The predicted molar refractivity (Wildman–Crippen MR) is 52.4 cm³/mol.